The lowest BCUT2D eigenvalue weighted by atomic mass is 9.86. The van der Waals surface area contributed by atoms with Crippen LogP contribution in [0.2, 0.25) is 0 Å². The maximum absolute atomic E-state index is 13.9. The molecule has 2 aromatic carbocycles. The third-order valence-corrected chi connectivity index (χ3v) is 10.2. The highest BCUT2D eigenvalue weighted by atomic mass is 32.2. The van der Waals surface area contributed by atoms with Gasteiger partial charge in [0.1, 0.15) is 21.2 Å². The van der Waals surface area contributed by atoms with Crippen LogP contribution in [-0.4, -0.2) is 72.9 Å². The standard InChI is InChI=1S/C34H33F2N3O7S3/c1-34(2,3)46-32(45)38-10-8-18(9-11-38)26(16-29(41)37-21-5-6-23(31(43)44)27(40)14-21)39-30(42)28(49-33(39)47)15-22-12-20(17-48-22)19-4-7-24(35)25(36)13-19/h4-7,12-15,17-18,26,40H,8-11,16H2,1-3H3,(H,37,41)(H,43,44)/b28-15-. The lowest BCUT2D eigenvalue weighted by Crippen LogP contribution is -2.50. The fourth-order valence-corrected chi connectivity index (χ4v) is 7.89. The molecule has 3 heterocycles. The monoisotopic (exact) mass is 729 g/mol. The van der Waals surface area contributed by atoms with E-state index in [0.717, 1.165) is 30.0 Å². The van der Waals surface area contributed by atoms with Gasteiger partial charge in [-0.3, -0.25) is 14.5 Å². The molecule has 5 rings (SSSR count). The molecule has 2 fully saturated rings. The number of ether oxygens (including phenoxy) is 1. The molecule has 0 spiro atoms. The molecule has 0 bridgehead atoms. The first-order valence-electron chi connectivity index (χ1n) is 15.2. The van der Waals surface area contributed by atoms with E-state index in [1.807, 2.05) is 0 Å². The molecule has 49 heavy (non-hydrogen) atoms. The Morgan fingerprint density at radius 1 is 1.08 bits per heavy atom. The lowest BCUT2D eigenvalue weighted by Gasteiger charge is -2.39. The van der Waals surface area contributed by atoms with E-state index in [1.54, 1.807) is 43.2 Å². The Kier molecular flexibility index (Phi) is 10.7. The molecule has 0 radical (unpaired) electrons. The number of hydrogen-bond acceptors (Lipinski definition) is 9. The van der Waals surface area contributed by atoms with Crippen molar-refractivity contribution in [2.45, 2.75) is 51.7 Å². The highest BCUT2D eigenvalue weighted by Gasteiger charge is 2.43. The summed E-state index contributed by atoms with van der Waals surface area (Å²) in [4.78, 5) is 55.4. The topological polar surface area (TPSA) is 136 Å². The fraction of sp³-hybridized carbons (Fsp3) is 0.324. The molecule has 1 atom stereocenters. The number of likely N-dealkylation sites (tertiary alicyclic amines) is 1. The average molecular weight is 730 g/mol. The van der Waals surface area contributed by atoms with Gasteiger partial charge in [-0.15, -0.1) is 11.3 Å². The predicted octanol–water partition coefficient (Wildman–Crippen LogP) is 7.34. The van der Waals surface area contributed by atoms with Crippen LogP contribution in [0.15, 0.2) is 52.7 Å². The van der Waals surface area contributed by atoms with E-state index in [4.69, 9.17) is 17.0 Å². The van der Waals surface area contributed by atoms with Crippen molar-refractivity contribution in [3.63, 3.8) is 0 Å². The number of thioether (sulfide) groups is 1. The zero-order valence-electron chi connectivity index (χ0n) is 26.7. The average Bonchev–Trinajstić information content (AvgIpc) is 3.60. The number of halogens is 2. The fourth-order valence-electron chi connectivity index (χ4n) is 5.60. The quantitative estimate of drug-likeness (QED) is 0.161. The summed E-state index contributed by atoms with van der Waals surface area (Å²) in [7, 11) is 0. The highest BCUT2D eigenvalue weighted by molar-refractivity contribution is 8.26. The second kappa shape index (κ2) is 14.6. The zero-order chi connectivity index (χ0) is 35.6. The molecule has 2 saturated heterocycles. The van der Waals surface area contributed by atoms with Crippen molar-refractivity contribution in [2.24, 2.45) is 5.92 Å². The number of thiophene rings is 1. The number of carbonyl (C=O) groups is 4. The van der Waals surface area contributed by atoms with Crippen LogP contribution in [0.1, 0.15) is 55.3 Å². The lowest BCUT2D eigenvalue weighted by molar-refractivity contribution is -0.126. The van der Waals surface area contributed by atoms with Crippen molar-refractivity contribution in [1.29, 1.82) is 0 Å². The maximum atomic E-state index is 13.9. The van der Waals surface area contributed by atoms with Crippen LogP contribution in [0.3, 0.4) is 0 Å². The van der Waals surface area contributed by atoms with Crippen molar-refractivity contribution in [2.75, 3.05) is 18.4 Å². The van der Waals surface area contributed by atoms with Gasteiger partial charge in [0, 0.05) is 36.1 Å². The van der Waals surface area contributed by atoms with Crippen LogP contribution < -0.4 is 5.32 Å². The number of anilines is 1. The minimum absolute atomic E-state index is 0.169. The molecule has 1 aromatic heterocycles. The number of thiocarbonyl (C=S) groups is 1. The predicted molar refractivity (Wildman–Crippen MR) is 187 cm³/mol. The zero-order valence-corrected chi connectivity index (χ0v) is 29.1. The molecule has 258 valence electrons. The van der Waals surface area contributed by atoms with Crippen LogP contribution in [0.4, 0.5) is 19.3 Å². The van der Waals surface area contributed by atoms with E-state index in [1.165, 1.54) is 34.4 Å². The summed E-state index contributed by atoms with van der Waals surface area (Å²) in [6.45, 7) is 6.03. The number of piperidine rings is 1. The van der Waals surface area contributed by atoms with Gasteiger partial charge in [-0.1, -0.05) is 30.0 Å². The van der Waals surface area contributed by atoms with Gasteiger partial charge >= 0.3 is 12.1 Å². The smallest absolute Gasteiger partial charge is 0.410 e. The third-order valence-electron chi connectivity index (χ3n) is 7.94. The van der Waals surface area contributed by atoms with Crippen LogP contribution in [0.5, 0.6) is 5.75 Å². The molecule has 10 nitrogen and oxygen atoms in total. The number of aromatic hydroxyl groups is 1. The second-order valence-corrected chi connectivity index (χ2v) is 15.2. The van der Waals surface area contributed by atoms with E-state index in [9.17, 15) is 38.2 Å². The SMILES string of the molecule is CC(C)(C)OC(=O)N1CCC(C(CC(=O)Nc2ccc(C(=O)O)c(O)c2)N2C(=O)/C(=C/c3cc(-c4ccc(F)c(F)c4)cs3)SC2=S)CC1. The van der Waals surface area contributed by atoms with E-state index in [-0.39, 0.29) is 27.9 Å². The Bertz CT molecular complexity index is 1850. The van der Waals surface area contributed by atoms with E-state index in [2.05, 4.69) is 5.32 Å². The molecule has 3 amide bonds. The van der Waals surface area contributed by atoms with Gasteiger partial charge in [0.25, 0.3) is 5.91 Å². The largest absolute Gasteiger partial charge is 0.507 e. The van der Waals surface area contributed by atoms with Crippen molar-refractivity contribution >= 4 is 75.3 Å². The Hall–Kier alpha value is -4.34. The van der Waals surface area contributed by atoms with Gasteiger partial charge in [-0.05, 0) is 92.4 Å². The van der Waals surface area contributed by atoms with Gasteiger partial charge in [0.05, 0.1) is 10.9 Å². The number of carboxylic acid groups (broad SMARTS) is 1. The Morgan fingerprint density at radius 3 is 2.43 bits per heavy atom. The normalized spacial score (nSPS) is 17.0. The van der Waals surface area contributed by atoms with E-state index in [0.29, 0.717) is 46.8 Å². The van der Waals surface area contributed by atoms with Gasteiger partial charge in [0.15, 0.2) is 11.6 Å². The summed E-state index contributed by atoms with van der Waals surface area (Å²) in [6.07, 6.45) is 1.98. The third kappa shape index (κ3) is 8.64. The number of amides is 3. The van der Waals surface area contributed by atoms with Crippen molar-refractivity contribution in [3.05, 3.63) is 74.8 Å². The Balaban J connectivity index is 1.37. The summed E-state index contributed by atoms with van der Waals surface area (Å²) in [5, 5.41) is 23.7. The van der Waals surface area contributed by atoms with Gasteiger partial charge in [-0.25, -0.2) is 18.4 Å². The van der Waals surface area contributed by atoms with Crippen molar-refractivity contribution in [1.82, 2.24) is 9.80 Å². The molecule has 0 aliphatic carbocycles. The van der Waals surface area contributed by atoms with Crippen LogP contribution in [0.25, 0.3) is 17.2 Å². The summed E-state index contributed by atoms with van der Waals surface area (Å²) in [5.74, 6) is -4.86. The second-order valence-electron chi connectivity index (χ2n) is 12.6. The van der Waals surface area contributed by atoms with E-state index >= 15 is 0 Å². The molecule has 1 unspecified atom stereocenters. The number of nitrogens with zero attached hydrogens (tertiary/aromatic N) is 2. The first-order valence-corrected chi connectivity index (χ1v) is 17.3. The first kappa shape index (κ1) is 36.0. The maximum Gasteiger partial charge on any atom is 0.410 e. The number of aromatic carboxylic acids is 1. The molecule has 2 aliphatic heterocycles. The Labute approximate surface area is 294 Å². The van der Waals surface area contributed by atoms with Crippen molar-refractivity contribution < 1.29 is 42.9 Å². The first-order chi connectivity index (χ1) is 23.1. The molecular weight excluding hydrogens is 697 g/mol. The summed E-state index contributed by atoms with van der Waals surface area (Å²) in [6, 6.07) is 8.35. The summed E-state index contributed by atoms with van der Waals surface area (Å²) in [5.41, 5.74) is 0.320. The Morgan fingerprint density at radius 2 is 1.80 bits per heavy atom. The number of carboxylic acids is 1. The summed E-state index contributed by atoms with van der Waals surface area (Å²) >= 11 is 8.08. The van der Waals surface area contributed by atoms with Gasteiger partial charge in [-0.2, -0.15) is 0 Å². The van der Waals surface area contributed by atoms with E-state index < -0.39 is 52.9 Å². The number of nitrogens with one attached hydrogen (secondary N) is 1. The van der Waals surface area contributed by atoms with Crippen LogP contribution in [0, 0.1) is 17.6 Å². The van der Waals surface area contributed by atoms with Gasteiger partial charge < -0.3 is 25.2 Å². The molecule has 3 aromatic rings. The van der Waals surface area contributed by atoms with Crippen LogP contribution >= 0.6 is 35.3 Å². The molecule has 0 saturated carbocycles. The van der Waals surface area contributed by atoms with Crippen molar-refractivity contribution in [3.8, 4) is 16.9 Å². The number of benzene rings is 2. The van der Waals surface area contributed by atoms with Gasteiger partial charge in [0.2, 0.25) is 5.91 Å². The number of phenols is 1. The number of rotatable bonds is 8. The molecule has 15 heteroatoms. The minimum Gasteiger partial charge on any atom is -0.507 e. The number of hydrogen-bond donors (Lipinski definition) is 3. The minimum atomic E-state index is -1.32. The number of carbonyl (C=O) groups excluding carboxylic acids is 3. The molecular formula is C34H33F2N3O7S3. The molecule has 3 N–H and O–H groups in total. The highest BCUT2D eigenvalue weighted by Crippen LogP contribution is 2.40. The summed E-state index contributed by atoms with van der Waals surface area (Å²) < 4.78 is 33.0. The molecule has 2 aliphatic rings. The van der Waals surface area contributed by atoms with Crippen LogP contribution in [-0.2, 0) is 14.3 Å².